The minimum atomic E-state index is -1.09. The predicted octanol–water partition coefficient (Wildman–Crippen LogP) is 4.57. The van der Waals surface area contributed by atoms with E-state index in [4.69, 9.17) is 9.47 Å². The third-order valence-corrected chi connectivity index (χ3v) is 6.43. The molecule has 0 aliphatic carbocycles. The molecular weight excluding hydrogens is 442 g/mol. The lowest BCUT2D eigenvalue weighted by Crippen LogP contribution is -2.45. The van der Waals surface area contributed by atoms with Crippen LogP contribution in [0.1, 0.15) is 49.5 Å². The number of benzene rings is 2. The van der Waals surface area contributed by atoms with E-state index >= 15 is 0 Å². The van der Waals surface area contributed by atoms with Crippen LogP contribution in [0.4, 0.5) is 5.69 Å². The molecular formula is C25H29NO6S. The number of carboxylic acid groups (broad SMARTS) is 1. The maximum atomic E-state index is 13.3. The van der Waals surface area contributed by atoms with Crippen LogP contribution in [0, 0.1) is 0 Å². The monoisotopic (exact) mass is 471 g/mol. The van der Waals surface area contributed by atoms with Gasteiger partial charge in [-0.2, -0.15) is 0 Å². The molecule has 0 aromatic heterocycles. The van der Waals surface area contributed by atoms with Gasteiger partial charge in [0.1, 0.15) is 17.9 Å². The Balaban J connectivity index is 1.76. The third kappa shape index (κ3) is 6.51. The molecule has 1 amide bonds. The fourth-order valence-electron chi connectivity index (χ4n) is 3.59. The average molecular weight is 472 g/mol. The largest absolute Gasteiger partial charge is 0.497 e. The molecule has 0 fully saturated rings. The number of anilines is 1. The zero-order valence-electron chi connectivity index (χ0n) is 19.3. The van der Waals surface area contributed by atoms with Crippen molar-refractivity contribution in [2.24, 2.45) is 0 Å². The van der Waals surface area contributed by atoms with Crippen molar-refractivity contribution in [2.45, 2.75) is 55.8 Å². The van der Waals surface area contributed by atoms with Crippen LogP contribution in [-0.2, 0) is 20.7 Å². The van der Waals surface area contributed by atoms with Crippen LogP contribution in [0.25, 0.3) is 0 Å². The fraction of sp³-hybridized carbons (Fsp3) is 0.400. The first-order valence-electron chi connectivity index (χ1n) is 10.8. The van der Waals surface area contributed by atoms with Crippen LogP contribution in [0.15, 0.2) is 47.4 Å². The summed E-state index contributed by atoms with van der Waals surface area (Å²) in [6.45, 7) is 5.02. The Labute approximate surface area is 198 Å². The fourth-order valence-corrected chi connectivity index (χ4v) is 4.84. The number of thioether (sulfide) groups is 1. The standard InChI is InChI=1S/C25H29NO6S/c1-25(2,3)32-22(27)15-26-19-14-17(24(29)30)10-13-20(19)33-21(23(26)28)7-5-6-16-8-11-18(31-4)12-9-16/h8-14,21H,5-7,15H2,1-4H3,(H,29,30)/t21-/m0/s1. The van der Waals surface area contributed by atoms with Gasteiger partial charge in [0, 0.05) is 4.90 Å². The van der Waals surface area contributed by atoms with Crippen molar-refractivity contribution < 1.29 is 29.0 Å². The Morgan fingerprint density at radius 3 is 2.42 bits per heavy atom. The molecule has 1 aliphatic rings. The highest BCUT2D eigenvalue weighted by Crippen LogP contribution is 2.41. The van der Waals surface area contributed by atoms with E-state index < -0.39 is 17.5 Å². The van der Waals surface area contributed by atoms with Gasteiger partial charge in [-0.05, 0) is 75.9 Å². The molecule has 176 valence electrons. The predicted molar refractivity (Wildman–Crippen MR) is 127 cm³/mol. The van der Waals surface area contributed by atoms with Crippen LogP contribution >= 0.6 is 11.8 Å². The van der Waals surface area contributed by atoms with E-state index in [1.165, 1.54) is 28.8 Å². The normalized spacial score (nSPS) is 15.7. The van der Waals surface area contributed by atoms with Gasteiger partial charge in [0.05, 0.1) is 23.6 Å². The summed E-state index contributed by atoms with van der Waals surface area (Å²) < 4.78 is 10.6. The molecule has 1 aliphatic heterocycles. The van der Waals surface area contributed by atoms with Crippen molar-refractivity contribution in [2.75, 3.05) is 18.6 Å². The molecule has 0 unspecified atom stereocenters. The molecule has 2 aromatic rings. The Bertz CT molecular complexity index is 1030. The van der Waals surface area contributed by atoms with Gasteiger partial charge in [-0.25, -0.2) is 4.79 Å². The number of ether oxygens (including phenoxy) is 2. The summed E-state index contributed by atoms with van der Waals surface area (Å²) >= 11 is 1.41. The zero-order valence-corrected chi connectivity index (χ0v) is 20.1. The maximum absolute atomic E-state index is 13.3. The summed E-state index contributed by atoms with van der Waals surface area (Å²) in [6, 6.07) is 12.5. The molecule has 8 heteroatoms. The first-order chi connectivity index (χ1) is 15.6. The highest BCUT2D eigenvalue weighted by Gasteiger charge is 2.35. The second-order valence-corrected chi connectivity index (χ2v) is 10.1. The molecule has 0 bridgehead atoms. The highest BCUT2D eigenvalue weighted by atomic mass is 32.2. The van der Waals surface area contributed by atoms with Crippen molar-refractivity contribution in [3.05, 3.63) is 53.6 Å². The minimum Gasteiger partial charge on any atom is -0.497 e. The number of carbonyl (C=O) groups is 3. The van der Waals surface area contributed by atoms with Gasteiger partial charge in [0.25, 0.3) is 0 Å². The summed E-state index contributed by atoms with van der Waals surface area (Å²) in [4.78, 5) is 39.4. The number of hydrogen-bond acceptors (Lipinski definition) is 6. The molecule has 0 radical (unpaired) electrons. The number of rotatable bonds is 8. The van der Waals surface area contributed by atoms with Gasteiger partial charge in [0.2, 0.25) is 5.91 Å². The number of methoxy groups -OCH3 is 1. The highest BCUT2D eigenvalue weighted by molar-refractivity contribution is 8.01. The number of nitrogens with zero attached hydrogens (tertiary/aromatic N) is 1. The molecule has 0 saturated carbocycles. The van der Waals surface area contributed by atoms with Crippen molar-refractivity contribution in [1.82, 2.24) is 0 Å². The van der Waals surface area contributed by atoms with E-state index in [0.717, 1.165) is 29.1 Å². The van der Waals surface area contributed by atoms with Crippen LogP contribution in [0.5, 0.6) is 5.75 Å². The van der Waals surface area contributed by atoms with E-state index in [-0.39, 0.29) is 23.3 Å². The molecule has 1 heterocycles. The summed E-state index contributed by atoms with van der Waals surface area (Å²) in [5, 5.41) is 9.01. The Morgan fingerprint density at radius 1 is 1.12 bits per heavy atom. The van der Waals surface area contributed by atoms with Crippen molar-refractivity contribution in [1.29, 1.82) is 0 Å². The van der Waals surface area contributed by atoms with Crippen LogP contribution in [0.3, 0.4) is 0 Å². The molecule has 7 nitrogen and oxygen atoms in total. The number of fused-ring (bicyclic) bond motifs is 1. The Kier molecular flexibility index (Phi) is 7.68. The minimum absolute atomic E-state index is 0.0642. The number of carbonyl (C=O) groups excluding carboxylic acids is 2. The van der Waals surface area contributed by atoms with E-state index in [0.29, 0.717) is 12.1 Å². The van der Waals surface area contributed by atoms with E-state index in [1.807, 2.05) is 24.3 Å². The van der Waals surface area contributed by atoms with Crippen LogP contribution in [0.2, 0.25) is 0 Å². The van der Waals surface area contributed by atoms with Gasteiger partial charge in [-0.3, -0.25) is 14.5 Å². The second kappa shape index (κ2) is 10.3. The number of aromatic carboxylic acids is 1. The molecule has 33 heavy (non-hydrogen) atoms. The zero-order chi connectivity index (χ0) is 24.2. The number of esters is 1. The van der Waals surface area contributed by atoms with Crippen LogP contribution < -0.4 is 9.64 Å². The summed E-state index contributed by atoms with van der Waals surface area (Å²) in [6.07, 6.45) is 2.23. The summed E-state index contributed by atoms with van der Waals surface area (Å²) in [5.41, 5.74) is 0.964. The van der Waals surface area contributed by atoms with Crippen LogP contribution in [-0.4, -0.2) is 47.5 Å². The second-order valence-electron chi connectivity index (χ2n) is 8.85. The topological polar surface area (TPSA) is 93.1 Å². The average Bonchev–Trinajstić information content (AvgIpc) is 2.75. The molecule has 1 N–H and O–H groups in total. The smallest absolute Gasteiger partial charge is 0.335 e. The van der Waals surface area contributed by atoms with Gasteiger partial charge in [0.15, 0.2) is 0 Å². The van der Waals surface area contributed by atoms with E-state index in [9.17, 15) is 19.5 Å². The number of carboxylic acids is 1. The van der Waals surface area contributed by atoms with Gasteiger partial charge in [-0.1, -0.05) is 12.1 Å². The number of amides is 1. The molecule has 0 saturated heterocycles. The van der Waals surface area contributed by atoms with Gasteiger partial charge in [-0.15, -0.1) is 11.8 Å². The first kappa shape index (κ1) is 24.6. The first-order valence-corrected chi connectivity index (χ1v) is 11.7. The quantitative estimate of drug-likeness (QED) is 0.564. The van der Waals surface area contributed by atoms with Crippen molar-refractivity contribution >= 4 is 35.3 Å². The molecule has 3 rings (SSSR count). The molecule has 0 spiro atoms. The summed E-state index contributed by atoms with van der Waals surface area (Å²) in [7, 11) is 1.63. The Morgan fingerprint density at radius 2 is 1.82 bits per heavy atom. The van der Waals surface area contributed by atoms with E-state index in [2.05, 4.69) is 0 Å². The van der Waals surface area contributed by atoms with E-state index in [1.54, 1.807) is 33.9 Å². The lowest BCUT2D eigenvalue weighted by molar-refractivity contribution is -0.153. The van der Waals surface area contributed by atoms with Gasteiger partial charge >= 0.3 is 11.9 Å². The van der Waals surface area contributed by atoms with Crippen molar-refractivity contribution in [3.8, 4) is 5.75 Å². The lowest BCUT2D eigenvalue weighted by Gasteiger charge is -2.34. The SMILES string of the molecule is COc1ccc(CCC[C@@H]2Sc3ccc(C(=O)O)cc3N(CC(=O)OC(C)(C)C)C2=O)cc1. The van der Waals surface area contributed by atoms with Crippen molar-refractivity contribution in [3.63, 3.8) is 0 Å². The maximum Gasteiger partial charge on any atom is 0.335 e. The summed E-state index contributed by atoms with van der Waals surface area (Å²) in [5.74, 6) is -1.04. The third-order valence-electron chi connectivity index (χ3n) is 5.11. The Hall–Kier alpha value is -3.00. The number of hydrogen-bond donors (Lipinski definition) is 1. The molecule has 1 atom stereocenters. The molecule has 2 aromatic carbocycles. The van der Waals surface area contributed by atoms with Gasteiger partial charge < -0.3 is 14.6 Å². The lowest BCUT2D eigenvalue weighted by atomic mass is 10.1. The number of aryl methyl sites for hydroxylation is 1.